The zero-order chi connectivity index (χ0) is 14.8. The van der Waals surface area contributed by atoms with Crippen LogP contribution in [0, 0.1) is 0 Å². The van der Waals surface area contributed by atoms with Gasteiger partial charge in [-0.3, -0.25) is 4.79 Å². The highest BCUT2D eigenvalue weighted by Gasteiger charge is 2.16. The Morgan fingerprint density at radius 3 is 2.15 bits per heavy atom. The van der Waals surface area contributed by atoms with Crippen LogP contribution in [0.1, 0.15) is 19.8 Å². The highest BCUT2D eigenvalue weighted by atomic mass is 16.5. The summed E-state index contributed by atoms with van der Waals surface area (Å²) in [6.45, 7) is 3.22. The monoisotopic (exact) mass is 281 g/mol. The molecule has 1 N–H and O–H groups in total. The summed E-state index contributed by atoms with van der Waals surface area (Å²) >= 11 is 0. The van der Waals surface area contributed by atoms with Crippen molar-refractivity contribution < 1.29 is 19.0 Å². The number of benzene rings is 1. The fourth-order valence-electron chi connectivity index (χ4n) is 1.67. The van der Waals surface area contributed by atoms with Gasteiger partial charge in [-0.2, -0.15) is 0 Å². The molecule has 1 aromatic rings. The molecular formula is C15H23NO4. The van der Waals surface area contributed by atoms with Crippen molar-refractivity contribution in [3.05, 3.63) is 24.3 Å². The highest BCUT2D eigenvalue weighted by Crippen LogP contribution is 2.18. The molecule has 0 bridgehead atoms. The maximum absolute atomic E-state index is 11.4. The number of nitrogens with one attached hydrogen (secondary N) is 1. The van der Waals surface area contributed by atoms with Crippen LogP contribution in [0.5, 0.6) is 11.5 Å². The lowest BCUT2D eigenvalue weighted by molar-refractivity contribution is -0.143. The number of esters is 1. The van der Waals surface area contributed by atoms with Crippen molar-refractivity contribution in [1.29, 1.82) is 0 Å². The molecule has 0 spiro atoms. The average molecular weight is 281 g/mol. The van der Waals surface area contributed by atoms with E-state index in [2.05, 4.69) is 17.0 Å². The van der Waals surface area contributed by atoms with E-state index in [1.165, 1.54) is 7.11 Å². The Labute approximate surface area is 120 Å². The van der Waals surface area contributed by atoms with E-state index in [4.69, 9.17) is 9.47 Å². The SMILES string of the molecule is CCCOc1ccc(OCCC(NC)C(=O)OC)cc1. The maximum atomic E-state index is 11.4. The summed E-state index contributed by atoms with van der Waals surface area (Å²) in [6, 6.07) is 7.13. The van der Waals surface area contributed by atoms with Gasteiger partial charge in [0.05, 0.1) is 20.3 Å². The van der Waals surface area contributed by atoms with Gasteiger partial charge in [0, 0.05) is 6.42 Å². The lowest BCUT2D eigenvalue weighted by Gasteiger charge is -2.14. The van der Waals surface area contributed by atoms with Crippen molar-refractivity contribution in [3.63, 3.8) is 0 Å². The molecule has 1 unspecified atom stereocenters. The summed E-state index contributed by atoms with van der Waals surface area (Å²) in [5.74, 6) is 1.31. The molecule has 20 heavy (non-hydrogen) atoms. The van der Waals surface area contributed by atoms with Gasteiger partial charge < -0.3 is 19.5 Å². The van der Waals surface area contributed by atoms with Gasteiger partial charge in [-0.05, 0) is 37.7 Å². The van der Waals surface area contributed by atoms with Gasteiger partial charge in [0.25, 0.3) is 0 Å². The van der Waals surface area contributed by atoms with Crippen LogP contribution in [0.25, 0.3) is 0 Å². The number of ether oxygens (including phenoxy) is 3. The predicted molar refractivity (Wildman–Crippen MR) is 77.2 cm³/mol. The van der Waals surface area contributed by atoms with Gasteiger partial charge in [-0.1, -0.05) is 6.92 Å². The Morgan fingerprint density at radius 1 is 1.15 bits per heavy atom. The van der Waals surface area contributed by atoms with Gasteiger partial charge in [0.1, 0.15) is 17.5 Å². The van der Waals surface area contributed by atoms with E-state index in [1.54, 1.807) is 7.05 Å². The summed E-state index contributed by atoms with van der Waals surface area (Å²) in [5, 5.41) is 2.90. The topological polar surface area (TPSA) is 56.8 Å². The third kappa shape index (κ3) is 5.48. The smallest absolute Gasteiger partial charge is 0.322 e. The Hall–Kier alpha value is -1.75. The van der Waals surface area contributed by atoms with E-state index in [9.17, 15) is 4.79 Å². The van der Waals surface area contributed by atoms with Crippen LogP contribution >= 0.6 is 0 Å². The fourth-order valence-corrected chi connectivity index (χ4v) is 1.67. The lowest BCUT2D eigenvalue weighted by atomic mass is 10.2. The zero-order valence-electron chi connectivity index (χ0n) is 12.3. The molecule has 1 atom stereocenters. The number of hydrogen-bond donors (Lipinski definition) is 1. The first-order chi connectivity index (χ1) is 9.71. The molecule has 5 nitrogen and oxygen atoms in total. The molecule has 0 saturated carbocycles. The molecule has 0 aliphatic heterocycles. The van der Waals surface area contributed by atoms with Crippen molar-refractivity contribution in [2.24, 2.45) is 0 Å². The molecule has 0 amide bonds. The number of likely N-dealkylation sites (N-methyl/N-ethyl adjacent to an activating group) is 1. The lowest BCUT2D eigenvalue weighted by Crippen LogP contribution is -2.36. The summed E-state index contributed by atoms with van der Waals surface area (Å²) in [4.78, 5) is 11.4. The van der Waals surface area contributed by atoms with Crippen LogP contribution in [0.2, 0.25) is 0 Å². The molecule has 0 aromatic heterocycles. The second-order valence-electron chi connectivity index (χ2n) is 4.32. The van der Waals surface area contributed by atoms with Gasteiger partial charge >= 0.3 is 5.97 Å². The van der Waals surface area contributed by atoms with Crippen molar-refractivity contribution in [1.82, 2.24) is 5.32 Å². The molecule has 0 aliphatic carbocycles. The Balaban J connectivity index is 2.36. The fraction of sp³-hybridized carbons (Fsp3) is 0.533. The van der Waals surface area contributed by atoms with E-state index in [0.717, 1.165) is 17.9 Å². The summed E-state index contributed by atoms with van der Waals surface area (Å²) in [7, 11) is 3.10. The molecule has 1 rings (SSSR count). The number of hydrogen-bond acceptors (Lipinski definition) is 5. The predicted octanol–water partition coefficient (Wildman–Crippen LogP) is 2.01. The first kappa shape index (κ1) is 16.3. The van der Waals surface area contributed by atoms with E-state index >= 15 is 0 Å². The average Bonchev–Trinajstić information content (AvgIpc) is 2.50. The van der Waals surface area contributed by atoms with Gasteiger partial charge in [-0.25, -0.2) is 0 Å². The van der Waals surface area contributed by atoms with Crippen LogP contribution < -0.4 is 14.8 Å². The number of rotatable bonds is 9. The zero-order valence-corrected chi connectivity index (χ0v) is 12.3. The second kappa shape index (κ2) is 9.20. The largest absolute Gasteiger partial charge is 0.494 e. The molecule has 112 valence electrons. The van der Waals surface area contributed by atoms with Crippen molar-refractivity contribution in [2.75, 3.05) is 27.4 Å². The summed E-state index contributed by atoms with van der Waals surface area (Å²) in [5.41, 5.74) is 0. The Bertz CT molecular complexity index is 391. The molecule has 5 heteroatoms. The maximum Gasteiger partial charge on any atom is 0.322 e. The molecular weight excluding hydrogens is 258 g/mol. The van der Waals surface area contributed by atoms with E-state index in [0.29, 0.717) is 19.6 Å². The summed E-state index contributed by atoms with van der Waals surface area (Å²) in [6.07, 6.45) is 1.54. The Kier molecular flexibility index (Phi) is 7.50. The minimum atomic E-state index is -0.341. The van der Waals surface area contributed by atoms with Gasteiger partial charge in [0.15, 0.2) is 0 Å². The molecule has 0 radical (unpaired) electrons. The van der Waals surface area contributed by atoms with Crippen molar-refractivity contribution >= 4 is 5.97 Å². The standard InChI is InChI=1S/C15H23NO4/c1-4-10-19-12-5-7-13(8-6-12)20-11-9-14(16-2)15(17)18-3/h5-8,14,16H,4,9-11H2,1-3H3. The highest BCUT2D eigenvalue weighted by molar-refractivity contribution is 5.75. The number of carbonyl (C=O) groups excluding carboxylic acids is 1. The van der Waals surface area contributed by atoms with Crippen molar-refractivity contribution in [2.45, 2.75) is 25.8 Å². The molecule has 0 saturated heterocycles. The normalized spacial score (nSPS) is 11.8. The minimum Gasteiger partial charge on any atom is -0.494 e. The third-order valence-electron chi connectivity index (χ3n) is 2.81. The first-order valence-electron chi connectivity index (χ1n) is 6.82. The van der Waals surface area contributed by atoms with Crippen LogP contribution in [0.3, 0.4) is 0 Å². The number of carbonyl (C=O) groups is 1. The van der Waals surface area contributed by atoms with Gasteiger partial charge in [0.2, 0.25) is 0 Å². The van der Waals surface area contributed by atoms with Crippen LogP contribution in [0.4, 0.5) is 0 Å². The second-order valence-corrected chi connectivity index (χ2v) is 4.32. The van der Waals surface area contributed by atoms with Gasteiger partial charge in [-0.15, -0.1) is 0 Å². The summed E-state index contributed by atoms with van der Waals surface area (Å²) < 4.78 is 15.8. The van der Waals surface area contributed by atoms with E-state index in [1.807, 2.05) is 24.3 Å². The molecule has 0 aliphatic rings. The van der Waals surface area contributed by atoms with E-state index < -0.39 is 0 Å². The third-order valence-corrected chi connectivity index (χ3v) is 2.81. The molecule has 0 fully saturated rings. The minimum absolute atomic E-state index is 0.278. The number of methoxy groups -OCH3 is 1. The quantitative estimate of drug-likeness (QED) is 0.702. The Morgan fingerprint density at radius 2 is 1.70 bits per heavy atom. The van der Waals surface area contributed by atoms with Crippen LogP contribution in [-0.4, -0.2) is 39.4 Å². The van der Waals surface area contributed by atoms with E-state index in [-0.39, 0.29) is 12.0 Å². The van der Waals surface area contributed by atoms with Crippen molar-refractivity contribution in [3.8, 4) is 11.5 Å². The first-order valence-corrected chi connectivity index (χ1v) is 6.82. The molecule has 1 aromatic carbocycles. The van der Waals surface area contributed by atoms with Crippen LogP contribution in [-0.2, 0) is 9.53 Å². The van der Waals surface area contributed by atoms with Crippen LogP contribution in [0.15, 0.2) is 24.3 Å². The molecule has 0 heterocycles.